The molecule has 1 aromatic heterocycles. The van der Waals surface area contributed by atoms with Gasteiger partial charge in [-0.2, -0.15) is 0 Å². The Morgan fingerprint density at radius 1 is 1.12 bits per heavy atom. The van der Waals surface area contributed by atoms with Gasteiger partial charge in [0.1, 0.15) is 0 Å². The molecule has 26 heavy (non-hydrogen) atoms. The number of ether oxygens (including phenoxy) is 1. The zero-order chi connectivity index (χ0) is 18.4. The first-order valence-electron chi connectivity index (χ1n) is 8.87. The fourth-order valence-electron chi connectivity index (χ4n) is 2.96. The maximum atomic E-state index is 12.2. The van der Waals surface area contributed by atoms with E-state index in [9.17, 15) is 4.79 Å². The van der Waals surface area contributed by atoms with E-state index in [4.69, 9.17) is 4.74 Å². The standard InChI is InChI=1S/C19H25N5O2/c1-14-11-15(2)13-16(12-14)21-18-4-3-17(22-23-18)19(25)20-5-6-24-7-9-26-10-8-24/h3-4,11-13H,5-10H2,1-2H3,(H,20,25)(H,21,23). The Bertz CT molecular complexity index is 722. The molecule has 7 nitrogen and oxygen atoms in total. The van der Waals surface area contributed by atoms with Gasteiger partial charge in [-0.05, 0) is 49.2 Å². The van der Waals surface area contributed by atoms with Crippen LogP contribution in [0.2, 0.25) is 0 Å². The SMILES string of the molecule is Cc1cc(C)cc(Nc2ccc(C(=O)NCCN3CCOCC3)nn2)c1. The van der Waals surface area contributed by atoms with Gasteiger partial charge >= 0.3 is 0 Å². The Hall–Kier alpha value is -2.51. The first-order chi connectivity index (χ1) is 12.6. The summed E-state index contributed by atoms with van der Waals surface area (Å²) in [5, 5.41) is 14.2. The lowest BCUT2D eigenvalue weighted by Gasteiger charge is -2.26. The van der Waals surface area contributed by atoms with Gasteiger partial charge in [-0.1, -0.05) is 6.07 Å². The second kappa shape index (κ2) is 8.73. The molecule has 138 valence electrons. The fourth-order valence-corrected chi connectivity index (χ4v) is 2.96. The van der Waals surface area contributed by atoms with Gasteiger partial charge in [0.2, 0.25) is 0 Å². The van der Waals surface area contributed by atoms with Crippen molar-refractivity contribution >= 4 is 17.4 Å². The van der Waals surface area contributed by atoms with Crippen LogP contribution in [0.5, 0.6) is 0 Å². The van der Waals surface area contributed by atoms with Crippen molar-refractivity contribution in [2.45, 2.75) is 13.8 Å². The van der Waals surface area contributed by atoms with Gasteiger partial charge < -0.3 is 15.4 Å². The number of aryl methyl sites for hydroxylation is 2. The van der Waals surface area contributed by atoms with Crippen molar-refractivity contribution in [3.05, 3.63) is 47.2 Å². The highest BCUT2D eigenvalue weighted by molar-refractivity contribution is 5.92. The van der Waals surface area contributed by atoms with Gasteiger partial charge in [0.05, 0.1) is 13.2 Å². The number of hydrogen-bond donors (Lipinski definition) is 2. The maximum Gasteiger partial charge on any atom is 0.271 e. The van der Waals surface area contributed by atoms with Crippen LogP contribution in [0.4, 0.5) is 11.5 Å². The number of nitrogens with one attached hydrogen (secondary N) is 2. The summed E-state index contributed by atoms with van der Waals surface area (Å²) in [4.78, 5) is 14.4. The maximum absolute atomic E-state index is 12.2. The van der Waals surface area contributed by atoms with Crippen molar-refractivity contribution in [2.75, 3.05) is 44.7 Å². The van der Waals surface area contributed by atoms with Crippen LogP contribution in [0.1, 0.15) is 21.6 Å². The highest BCUT2D eigenvalue weighted by Crippen LogP contribution is 2.17. The molecule has 0 bridgehead atoms. The summed E-state index contributed by atoms with van der Waals surface area (Å²) < 4.78 is 5.31. The second-order valence-corrected chi connectivity index (χ2v) is 6.52. The summed E-state index contributed by atoms with van der Waals surface area (Å²) in [6.45, 7) is 8.84. The highest BCUT2D eigenvalue weighted by Gasteiger charge is 2.12. The van der Waals surface area contributed by atoms with E-state index in [1.165, 1.54) is 11.1 Å². The average Bonchev–Trinajstić information content (AvgIpc) is 2.62. The minimum atomic E-state index is -0.205. The van der Waals surface area contributed by atoms with Crippen LogP contribution in [0.25, 0.3) is 0 Å². The zero-order valence-electron chi connectivity index (χ0n) is 15.3. The van der Waals surface area contributed by atoms with Crippen LogP contribution in [-0.2, 0) is 4.74 Å². The van der Waals surface area contributed by atoms with Gasteiger partial charge in [-0.15, -0.1) is 10.2 Å². The minimum Gasteiger partial charge on any atom is -0.379 e. The van der Waals surface area contributed by atoms with Crippen molar-refractivity contribution in [3.63, 3.8) is 0 Å². The lowest BCUT2D eigenvalue weighted by molar-refractivity contribution is 0.0383. The van der Waals surface area contributed by atoms with E-state index < -0.39 is 0 Å². The van der Waals surface area contributed by atoms with Crippen LogP contribution in [-0.4, -0.2) is 60.4 Å². The number of aromatic nitrogens is 2. The molecule has 1 aromatic carbocycles. The molecule has 1 aliphatic rings. The Morgan fingerprint density at radius 2 is 1.85 bits per heavy atom. The molecule has 1 saturated heterocycles. The van der Waals surface area contributed by atoms with Crippen LogP contribution < -0.4 is 10.6 Å². The third-order valence-electron chi connectivity index (χ3n) is 4.21. The molecule has 0 radical (unpaired) electrons. The van der Waals surface area contributed by atoms with Crippen molar-refractivity contribution in [2.24, 2.45) is 0 Å². The van der Waals surface area contributed by atoms with E-state index in [2.05, 4.69) is 31.8 Å². The summed E-state index contributed by atoms with van der Waals surface area (Å²) in [6.07, 6.45) is 0. The van der Waals surface area contributed by atoms with Gasteiger partial charge in [-0.25, -0.2) is 0 Å². The van der Waals surface area contributed by atoms with Crippen LogP contribution >= 0.6 is 0 Å². The van der Waals surface area contributed by atoms with E-state index in [1.807, 2.05) is 26.0 Å². The molecule has 1 amide bonds. The Morgan fingerprint density at radius 3 is 2.50 bits per heavy atom. The molecule has 2 N–H and O–H groups in total. The Balaban J connectivity index is 1.50. The number of nitrogens with zero attached hydrogens (tertiary/aromatic N) is 3. The fraction of sp³-hybridized carbons (Fsp3) is 0.421. The molecule has 2 aromatic rings. The molecule has 3 rings (SSSR count). The first kappa shape index (κ1) is 18.3. The first-order valence-corrected chi connectivity index (χ1v) is 8.87. The van der Waals surface area contributed by atoms with Gasteiger partial charge in [0, 0.05) is 31.9 Å². The molecule has 0 spiro atoms. The van der Waals surface area contributed by atoms with E-state index in [0.29, 0.717) is 18.1 Å². The summed E-state index contributed by atoms with van der Waals surface area (Å²) in [5.41, 5.74) is 3.63. The summed E-state index contributed by atoms with van der Waals surface area (Å²) in [5.74, 6) is 0.406. The Labute approximate surface area is 153 Å². The van der Waals surface area contributed by atoms with Crippen molar-refractivity contribution in [1.29, 1.82) is 0 Å². The second-order valence-electron chi connectivity index (χ2n) is 6.52. The van der Waals surface area contributed by atoms with Crippen LogP contribution in [0, 0.1) is 13.8 Å². The van der Waals surface area contributed by atoms with E-state index in [0.717, 1.165) is 38.5 Å². The molecule has 0 atom stereocenters. The molecule has 0 aliphatic carbocycles. The lowest BCUT2D eigenvalue weighted by Crippen LogP contribution is -2.41. The van der Waals surface area contributed by atoms with E-state index in [-0.39, 0.29) is 5.91 Å². The summed E-state index contributed by atoms with van der Waals surface area (Å²) in [6, 6.07) is 9.65. The van der Waals surface area contributed by atoms with Gasteiger partial charge in [0.25, 0.3) is 5.91 Å². The van der Waals surface area contributed by atoms with Crippen molar-refractivity contribution in [3.8, 4) is 0 Å². The number of anilines is 2. The van der Waals surface area contributed by atoms with Crippen LogP contribution in [0.15, 0.2) is 30.3 Å². The normalized spacial score (nSPS) is 14.8. The monoisotopic (exact) mass is 355 g/mol. The smallest absolute Gasteiger partial charge is 0.271 e. The molecular weight excluding hydrogens is 330 g/mol. The van der Waals surface area contributed by atoms with Gasteiger partial charge in [0.15, 0.2) is 11.5 Å². The summed E-state index contributed by atoms with van der Waals surface area (Å²) >= 11 is 0. The number of carbonyl (C=O) groups is 1. The van der Waals surface area contributed by atoms with E-state index in [1.54, 1.807) is 12.1 Å². The Kier molecular flexibility index (Phi) is 6.14. The largest absolute Gasteiger partial charge is 0.379 e. The minimum absolute atomic E-state index is 0.205. The van der Waals surface area contributed by atoms with Gasteiger partial charge in [-0.3, -0.25) is 9.69 Å². The predicted octanol–water partition coefficient (Wildman–Crippen LogP) is 1.90. The average molecular weight is 355 g/mol. The number of rotatable bonds is 6. The number of morpholine rings is 1. The number of carbonyl (C=O) groups excluding carboxylic acids is 1. The third-order valence-corrected chi connectivity index (χ3v) is 4.21. The number of amides is 1. The molecule has 0 unspecified atom stereocenters. The molecule has 1 fully saturated rings. The quantitative estimate of drug-likeness (QED) is 0.824. The number of hydrogen-bond acceptors (Lipinski definition) is 6. The third kappa shape index (κ3) is 5.24. The predicted molar refractivity (Wildman–Crippen MR) is 101 cm³/mol. The van der Waals surface area contributed by atoms with Crippen molar-refractivity contribution in [1.82, 2.24) is 20.4 Å². The van der Waals surface area contributed by atoms with E-state index >= 15 is 0 Å². The lowest BCUT2D eigenvalue weighted by atomic mass is 10.1. The molecule has 7 heteroatoms. The van der Waals surface area contributed by atoms with Crippen molar-refractivity contribution < 1.29 is 9.53 Å². The molecule has 1 aliphatic heterocycles. The zero-order valence-corrected chi connectivity index (χ0v) is 15.3. The number of benzene rings is 1. The summed E-state index contributed by atoms with van der Waals surface area (Å²) in [7, 11) is 0. The highest BCUT2D eigenvalue weighted by atomic mass is 16.5. The molecule has 2 heterocycles. The molecule has 0 saturated carbocycles. The van der Waals surface area contributed by atoms with Crippen LogP contribution in [0.3, 0.4) is 0 Å². The topological polar surface area (TPSA) is 79.4 Å². The molecular formula is C19H25N5O2.